The van der Waals surface area contributed by atoms with Gasteiger partial charge in [0.2, 0.25) is 0 Å². The third kappa shape index (κ3) is 2.10. The predicted molar refractivity (Wildman–Crippen MR) is 79.1 cm³/mol. The van der Waals surface area contributed by atoms with Crippen molar-refractivity contribution in [2.75, 3.05) is 0 Å². The second kappa shape index (κ2) is 4.94. The highest BCUT2D eigenvalue weighted by molar-refractivity contribution is 9.10. The van der Waals surface area contributed by atoms with E-state index in [4.69, 9.17) is 4.74 Å². The summed E-state index contributed by atoms with van der Waals surface area (Å²) in [5.41, 5.74) is 3.43. The van der Waals surface area contributed by atoms with E-state index in [9.17, 15) is 9.90 Å². The average molecular weight is 333 g/mol. The Kier molecular flexibility index (Phi) is 3.26. The zero-order chi connectivity index (χ0) is 14.3. The van der Waals surface area contributed by atoms with E-state index >= 15 is 0 Å². The Morgan fingerprint density at radius 3 is 2.80 bits per heavy atom. The maximum atomic E-state index is 11.8. The predicted octanol–water partition coefficient (Wildman–Crippen LogP) is 3.87. The van der Waals surface area contributed by atoms with E-state index in [0.717, 1.165) is 21.2 Å². The van der Waals surface area contributed by atoms with Crippen LogP contribution in [0.25, 0.3) is 0 Å². The number of aryl methyl sites for hydroxylation is 1. The number of carbonyl (C=O) groups is 1. The Balaban J connectivity index is 2.29. The van der Waals surface area contributed by atoms with Crippen molar-refractivity contribution >= 4 is 21.9 Å². The molecule has 0 aliphatic carbocycles. The molecular weight excluding hydrogens is 320 g/mol. The molecule has 3 nitrogen and oxygen atoms in total. The molecule has 102 valence electrons. The van der Waals surface area contributed by atoms with Crippen molar-refractivity contribution < 1.29 is 14.6 Å². The van der Waals surface area contributed by atoms with Gasteiger partial charge < -0.3 is 9.84 Å². The first-order valence-corrected chi connectivity index (χ1v) is 7.10. The van der Waals surface area contributed by atoms with Crippen LogP contribution in [0.4, 0.5) is 0 Å². The highest BCUT2D eigenvalue weighted by atomic mass is 79.9. The van der Waals surface area contributed by atoms with Crippen LogP contribution >= 0.6 is 15.9 Å². The van der Waals surface area contributed by atoms with Crippen LogP contribution in [0.3, 0.4) is 0 Å². The van der Waals surface area contributed by atoms with Crippen LogP contribution in [0.2, 0.25) is 0 Å². The Morgan fingerprint density at radius 1 is 1.30 bits per heavy atom. The molecule has 1 N–H and O–H groups in total. The second-order valence-corrected chi connectivity index (χ2v) is 5.78. The van der Waals surface area contributed by atoms with Crippen LogP contribution in [0.15, 0.2) is 40.9 Å². The molecule has 0 bridgehead atoms. The summed E-state index contributed by atoms with van der Waals surface area (Å²) < 4.78 is 6.63. The minimum absolute atomic E-state index is 0.384. The van der Waals surface area contributed by atoms with Gasteiger partial charge in [-0.3, -0.25) is 4.79 Å². The van der Waals surface area contributed by atoms with Crippen LogP contribution in [0.5, 0.6) is 5.75 Å². The van der Waals surface area contributed by atoms with Crippen molar-refractivity contribution in [1.82, 2.24) is 0 Å². The summed E-state index contributed by atoms with van der Waals surface area (Å²) in [4.78, 5) is 11.8. The van der Waals surface area contributed by atoms with E-state index in [1.54, 1.807) is 0 Å². The summed E-state index contributed by atoms with van der Waals surface area (Å²) in [5.74, 6) is -0.930. The van der Waals surface area contributed by atoms with Gasteiger partial charge in [-0.2, -0.15) is 0 Å². The standard InChI is InChI=1S/C16H13BrO3/c1-9-6-12-14(16(18)19)11-5-3-2-4-10(11)8-20-15(12)13(17)7-9/h2-7,14H,8H2,1H3,(H,18,19)/t14-/m0/s1. The number of aliphatic carboxylic acids is 1. The van der Waals surface area contributed by atoms with Crippen molar-refractivity contribution in [3.8, 4) is 5.75 Å². The lowest BCUT2D eigenvalue weighted by Crippen LogP contribution is -2.14. The molecule has 0 radical (unpaired) electrons. The largest absolute Gasteiger partial charge is 0.487 e. The number of benzene rings is 2. The fourth-order valence-corrected chi connectivity index (χ4v) is 3.36. The molecule has 2 aromatic rings. The van der Waals surface area contributed by atoms with Crippen molar-refractivity contribution in [1.29, 1.82) is 0 Å². The average Bonchev–Trinajstić information content (AvgIpc) is 2.54. The van der Waals surface area contributed by atoms with Gasteiger partial charge in [0.25, 0.3) is 0 Å². The summed E-state index contributed by atoms with van der Waals surface area (Å²) in [6.07, 6.45) is 0. The van der Waals surface area contributed by atoms with Crippen molar-refractivity contribution in [3.05, 3.63) is 63.1 Å². The Bertz CT molecular complexity index is 694. The number of hydrogen-bond acceptors (Lipinski definition) is 2. The van der Waals surface area contributed by atoms with Gasteiger partial charge in [0.15, 0.2) is 0 Å². The molecule has 0 saturated carbocycles. The van der Waals surface area contributed by atoms with Gasteiger partial charge in [-0.05, 0) is 45.6 Å². The lowest BCUT2D eigenvalue weighted by Gasteiger charge is -2.16. The number of hydrogen-bond donors (Lipinski definition) is 1. The smallest absolute Gasteiger partial charge is 0.315 e. The molecule has 0 saturated heterocycles. The van der Waals surface area contributed by atoms with Crippen LogP contribution in [-0.4, -0.2) is 11.1 Å². The molecule has 1 aliphatic rings. The Labute approximate surface area is 125 Å². The van der Waals surface area contributed by atoms with Crippen LogP contribution in [-0.2, 0) is 11.4 Å². The van der Waals surface area contributed by atoms with Gasteiger partial charge in [0.05, 0.1) is 4.47 Å². The van der Waals surface area contributed by atoms with E-state index in [-0.39, 0.29) is 0 Å². The Morgan fingerprint density at radius 2 is 2.05 bits per heavy atom. The second-order valence-electron chi connectivity index (χ2n) is 4.92. The summed E-state index contributed by atoms with van der Waals surface area (Å²) >= 11 is 3.47. The first kappa shape index (κ1) is 13.2. The zero-order valence-corrected chi connectivity index (χ0v) is 12.5. The molecule has 1 atom stereocenters. The highest BCUT2D eigenvalue weighted by Gasteiger charge is 2.31. The van der Waals surface area contributed by atoms with E-state index in [1.165, 1.54) is 0 Å². The lowest BCUT2D eigenvalue weighted by molar-refractivity contribution is -0.137. The maximum absolute atomic E-state index is 11.8. The first-order chi connectivity index (χ1) is 9.58. The zero-order valence-electron chi connectivity index (χ0n) is 10.9. The molecule has 3 rings (SSSR count). The Hall–Kier alpha value is -1.81. The molecule has 20 heavy (non-hydrogen) atoms. The topological polar surface area (TPSA) is 46.5 Å². The maximum Gasteiger partial charge on any atom is 0.315 e. The van der Waals surface area contributed by atoms with Crippen LogP contribution in [0, 0.1) is 6.92 Å². The molecule has 0 fully saturated rings. The third-order valence-corrected chi connectivity index (χ3v) is 4.10. The minimum Gasteiger partial charge on any atom is -0.487 e. The van der Waals surface area contributed by atoms with Crippen molar-refractivity contribution in [2.24, 2.45) is 0 Å². The molecule has 1 aliphatic heterocycles. The number of halogens is 1. The molecular formula is C16H13BrO3. The van der Waals surface area contributed by atoms with Gasteiger partial charge in [0, 0.05) is 5.56 Å². The van der Waals surface area contributed by atoms with E-state index in [0.29, 0.717) is 17.9 Å². The molecule has 0 spiro atoms. The number of fused-ring (bicyclic) bond motifs is 2. The minimum atomic E-state index is -0.860. The summed E-state index contributed by atoms with van der Waals surface area (Å²) in [7, 11) is 0. The SMILES string of the molecule is Cc1cc(Br)c2c(c1)[C@@H](C(=O)O)c1ccccc1CO2. The number of rotatable bonds is 1. The number of ether oxygens (including phenoxy) is 1. The van der Waals surface area contributed by atoms with Crippen LogP contribution in [0.1, 0.15) is 28.2 Å². The molecule has 2 aromatic carbocycles. The number of carboxylic acids is 1. The normalized spacial score (nSPS) is 16.6. The third-order valence-electron chi connectivity index (χ3n) is 3.51. The summed E-state index contributed by atoms with van der Waals surface area (Å²) in [6, 6.07) is 11.4. The van der Waals surface area contributed by atoms with Gasteiger partial charge >= 0.3 is 5.97 Å². The van der Waals surface area contributed by atoms with Gasteiger partial charge in [-0.1, -0.05) is 30.3 Å². The van der Waals surface area contributed by atoms with Crippen LogP contribution < -0.4 is 4.74 Å². The van der Waals surface area contributed by atoms with Crippen molar-refractivity contribution in [3.63, 3.8) is 0 Å². The van der Waals surface area contributed by atoms with E-state index in [2.05, 4.69) is 15.9 Å². The first-order valence-electron chi connectivity index (χ1n) is 6.31. The molecule has 1 heterocycles. The summed E-state index contributed by atoms with van der Waals surface area (Å²) in [5, 5.41) is 9.67. The highest BCUT2D eigenvalue weighted by Crippen LogP contribution is 2.42. The molecule has 0 unspecified atom stereocenters. The molecule has 0 amide bonds. The molecule has 0 aromatic heterocycles. The van der Waals surface area contributed by atoms with E-state index in [1.807, 2.05) is 43.3 Å². The van der Waals surface area contributed by atoms with Crippen molar-refractivity contribution in [2.45, 2.75) is 19.4 Å². The summed E-state index contributed by atoms with van der Waals surface area (Å²) in [6.45, 7) is 2.33. The molecule has 4 heteroatoms. The number of carboxylic acid groups (broad SMARTS) is 1. The quantitative estimate of drug-likeness (QED) is 0.862. The lowest BCUT2D eigenvalue weighted by atomic mass is 9.88. The van der Waals surface area contributed by atoms with Gasteiger partial charge in [-0.15, -0.1) is 0 Å². The fourth-order valence-electron chi connectivity index (χ4n) is 2.65. The fraction of sp³-hybridized carbons (Fsp3) is 0.188. The monoisotopic (exact) mass is 332 g/mol. The van der Waals surface area contributed by atoms with Gasteiger partial charge in [0.1, 0.15) is 18.3 Å². The van der Waals surface area contributed by atoms with E-state index < -0.39 is 11.9 Å². The van der Waals surface area contributed by atoms with Gasteiger partial charge in [-0.25, -0.2) is 0 Å².